The Bertz CT molecular complexity index is 1190. The molecule has 0 aliphatic heterocycles. The number of nitrogens with two attached hydrogens (primary N) is 1. The average Bonchev–Trinajstić information content (AvgIpc) is 3.31. The van der Waals surface area contributed by atoms with Gasteiger partial charge in [0, 0.05) is 15.7 Å². The first kappa shape index (κ1) is 23.6. The number of esters is 1. The van der Waals surface area contributed by atoms with Crippen molar-refractivity contribution in [3.05, 3.63) is 50.9 Å². The fraction of sp³-hybridized carbons (Fsp3) is 0.364. The number of nitrogens with one attached hydrogen (secondary N) is 1. The predicted octanol–water partition coefficient (Wildman–Crippen LogP) is 4.42. The number of anilines is 2. The van der Waals surface area contributed by atoms with E-state index >= 15 is 0 Å². The summed E-state index contributed by atoms with van der Waals surface area (Å²) in [7, 11) is 1.35. The first-order valence-electron chi connectivity index (χ1n) is 10.4. The summed E-state index contributed by atoms with van der Waals surface area (Å²) >= 11 is 9.07. The number of thioether (sulfide) groups is 1. The van der Waals surface area contributed by atoms with Crippen LogP contribution < -0.4 is 11.1 Å². The zero-order valence-corrected chi connectivity index (χ0v) is 20.6. The van der Waals surface area contributed by atoms with Crippen molar-refractivity contribution >= 4 is 57.5 Å². The molecule has 11 heteroatoms. The lowest BCUT2D eigenvalue weighted by atomic mass is 9.88. The molecule has 1 aromatic carbocycles. The maximum Gasteiger partial charge on any atom is 0.341 e. The van der Waals surface area contributed by atoms with E-state index in [4.69, 9.17) is 22.1 Å². The highest BCUT2D eigenvalue weighted by Gasteiger charge is 2.29. The molecule has 1 amide bonds. The molecule has 0 bridgehead atoms. The Morgan fingerprint density at radius 1 is 1.36 bits per heavy atom. The Balaban J connectivity index is 1.50. The summed E-state index contributed by atoms with van der Waals surface area (Å²) in [6, 6.07) is 7.53. The summed E-state index contributed by atoms with van der Waals surface area (Å²) in [5.74, 6) is 0.482. The number of fused-ring (bicyclic) bond motifs is 1. The van der Waals surface area contributed by atoms with Gasteiger partial charge in [0.25, 0.3) is 0 Å². The van der Waals surface area contributed by atoms with Crippen LogP contribution in [-0.2, 0) is 34.7 Å². The lowest BCUT2D eigenvalue weighted by Crippen LogP contribution is -2.21. The summed E-state index contributed by atoms with van der Waals surface area (Å²) in [6.07, 6.45) is 2.69. The normalized spacial score (nSPS) is 15.2. The number of amides is 1. The first-order chi connectivity index (χ1) is 15.9. The van der Waals surface area contributed by atoms with E-state index in [1.165, 1.54) is 30.2 Å². The Morgan fingerprint density at radius 2 is 2.15 bits per heavy atom. The highest BCUT2D eigenvalue weighted by molar-refractivity contribution is 7.98. The number of nitrogens with zero attached hydrogens (tertiary/aromatic N) is 3. The Hall–Kier alpha value is -2.56. The molecule has 2 heterocycles. The van der Waals surface area contributed by atoms with E-state index in [2.05, 4.69) is 22.4 Å². The van der Waals surface area contributed by atoms with Gasteiger partial charge in [0.05, 0.1) is 12.7 Å². The molecule has 0 saturated heterocycles. The molecule has 0 fully saturated rings. The summed E-state index contributed by atoms with van der Waals surface area (Å²) in [6.45, 7) is 2.11. The quantitative estimate of drug-likeness (QED) is 0.361. The second-order valence-electron chi connectivity index (χ2n) is 7.90. The highest BCUT2D eigenvalue weighted by atomic mass is 35.5. The molecule has 0 spiro atoms. The lowest BCUT2D eigenvalue weighted by molar-refractivity contribution is -0.116. The molecule has 8 nitrogen and oxygen atoms in total. The molecule has 2 aromatic heterocycles. The minimum Gasteiger partial charge on any atom is -0.465 e. The summed E-state index contributed by atoms with van der Waals surface area (Å²) < 4.78 is 6.54. The van der Waals surface area contributed by atoms with Gasteiger partial charge in [-0.3, -0.25) is 9.36 Å². The molecule has 1 aliphatic rings. The molecule has 4 rings (SSSR count). The molecule has 1 atom stereocenters. The lowest BCUT2D eigenvalue weighted by Gasteiger charge is -2.18. The van der Waals surface area contributed by atoms with E-state index in [1.54, 1.807) is 4.57 Å². The highest BCUT2D eigenvalue weighted by Crippen LogP contribution is 2.40. The number of carbonyl (C=O) groups excluding carboxylic acids is 2. The van der Waals surface area contributed by atoms with Crippen molar-refractivity contribution in [2.45, 2.75) is 43.6 Å². The Kier molecular flexibility index (Phi) is 7.26. The van der Waals surface area contributed by atoms with Gasteiger partial charge in [-0.25, -0.2) is 4.79 Å². The number of halogens is 1. The summed E-state index contributed by atoms with van der Waals surface area (Å²) in [5.41, 5.74) is 8.37. The second kappa shape index (κ2) is 10.1. The number of nitrogen functional groups attached to an aromatic ring is 1. The number of rotatable bonds is 7. The Morgan fingerprint density at radius 3 is 2.91 bits per heavy atom. The van der Waals surface area contributed by atoms with Crippen LogP contribution in [0.3, 0.4) is 0 Å². The van der Waals surface area contributed by atoms with Crippen LogP contribution in [-0.4, -0.2) is 33.8 Å². The zero-order chi connectivity index (χ0) is 23.5. The van der Waals surface area contributed by atoms with Crippen molar-refractivity contribution in [3.63, 3.8) is 0 Å². The number of aromatic nitrogens is 3. The minimum atomic E-state index is -0.433. The zero-order valence-electron chi connectivity index (χ0n) is 18.3. The van der Waals surface area contributed by atoms with Gasteiger partial charge in [0.15, 0.2) is 5.16 Å². The third kappa shape index (κ3) is 5.18. The number of carbonyl (C=O) groups is 2. The Labute approximate surface area is 204 Å². The van der Waals surface area contributed by atoms with E-state index in [1.807, 2.05) is 24.3 Å². The van der Waals surface area contributed by atoms with Crippen LogP contribution in [0, 0.1) is 5.92 Å². The molecule has 3 N–H and O–H groups in total. The van der Waals surface area contributed by atoms with Gasteiger partial charge < -0.3 is 15.8 Å². The van der Waals surface area contributed by atoms with Crippen LogP contribution in [0.5, 0.6) is 0 Å². The summed E-state index contributed by atoms with van der Waals surface area (Å²) in [5, 5.41) is 12.6. The number of thiophene rings is 1. The predicted molar refractivity (Wildman–Crippen MR) is 131 cm³/mol. The third-order valence-corrected chi connectivity index (χ3v) is 8.07. The molecule has 1 aliphatic carbocycles. The van der Waals surface area contributed by atoms with Gasteiger partial charge >= 0.3 is 5.97 Å². The SMILES string of the molecule is COC(=O)c1c(NC(=O)Cn2c(N)nnc2SCc2ccccc2Cl)sc2c1CCC(C)C2. The standard InChI is InChI=1S/C22H24ClN5O3S2/c1-12-7-8-14-16(9-12)33-19(18(14)20(30)31-2)25-17(29)10-28-21(24)26-27-22(28)32-11-13-5-3-4-6-15(13)23/h3-6,12H,7-11H2,1-2H3,(H2,24,26)(H,25,29). The molecular formula is C22H24ClN5O3S2. The largest absolute Gasteiger partial charge is 0.465 e. The van der Waals surface area contributed by atoms with Crippen molar-refractivity contribution in [1.82, 2.24) is 14.8 Å². The molecule has 0 saturated carbocycles. The number of methoxy groups -OCH3 is 1. The monoisotopic (exact) mass is 505 g/mol. The van der Waals surface area contributed by atoms with E-state index in [9.17, 15) is 9.59 Å². The smallest absolute Gasteiger partial charge is 0.341 e. The second-order valence-corrected chi connectivity index (χ2v) is 10.4. The van der Waals surface area contributed by atoms with Crippen LogP contribution in [0.2, 0.25) is 5.02 Å². The van der Waals surface area contributed by atoms with Crippen molar-refractivity contribution in [2.75, 3.05) is 18.2 Å². The van der Waals surface area contributed by atoms with Crippen LogP contribution in [0.4, 0.5) is 10.9 Å². The molecule has 0 radical (unpaired) electrons. The van der Waals surface area contributed by atoms with Crippen LogP contribution in [0.25, 0.3) is 0 Å². The third-order valence-electron chi connectivity index (χ3n) is 5.52. The van der Waals surface area contributed by atoms with E-state index < -0.39 is 5.97 Å². The maximum atomic E-state index is 12.9. The maximum absolute atomic E-state index is 12.9. The molecule has 33 heavy (non-hydrogen) atoms. The molecule has 1 unspecified atom stereocenters. The molecule has 3 aromatic rings. The van der Waals surface area contributed by atoms with Gasteiger partial charge in [0.1, 0.15) is 11.5 Å². The van der Waals surface area contributed by atoms with Crippen LogP contribution in [0.15, 0.2) is 29.4 Å². The number of benzene rings is 1. The molecular weight excluding hydrogens is 482 g/mol. The minimum absolute atomic E-state index is 0.0801. The average molecular weight is 506 g/mol. The van der Waals surface area contributed by atoms with Gasteiger partial charge in [0.2, 0.25) is 11.9 Å². The van der Waals surface area contributed by atoms with E-state index in [0.29, 0.717) is 32.4 Å². The van der Waals surface area contributed by atoms with Crippen LogP contribution in [0.1, 0.15) is 39.7 Å². The number of hydrogen-bond donors (Lipinski definition) is 2. The van der Waals surface area contributed by atoms with Crippen molar-refractivity contribution in [1.29, 1.82) is 0 Å². The summed E-state index contributed by atoms with van der Waals surface area (Å²) in [4.78, 5) is 26.5. The van der Waals surface area contributed by atoms with Crippen molar-refractivity contribution < 1.29 is 14.3 Å². The fourth-order valence-electron chi connectivity index (χ4n) is 3.78. The van der Waals surface area contributed by atoms with Crippen molar-refractivity contribution in [2.24, 2.45) is 5.92 Å². The van der Waals surface area contributed by atoms with Crippen molar-refractivity contribution in [3.8, 4) is 0 Å². The molecule has 174 valence electrons. The van der Waals surface area contributed by atoms with Gasteiger partial charge in [-0.15, -0.1) is 21.5 Å². The topological polar surface area (TPSA) is 112 Å². The number of ether oxygens (including phenoxy) is 1. The van der Waals surface area contributed by atoms with E-state index in [-0.39, 0.29) is 18.4 Å². The van der Waals surface area contributed by atoms with Gasteiger partial charge in [-0.1, -0.05) is 48.5 Å². The first-order valence-corrected chi connectivity index (χ1v) is 12.6. The van der Waals surface area contributed by atoms with E-state index in [0.717, 1.165) is 35.3 Å². The van der Waals surface area contributed by atoms with Crippen LogP contribution >= 0.6 is 34.7 Å². The van der Waals surface area contributed by atoms with Gasteiger partial charge in [-0.05, 0) is 42.4 Å². The van der Waals surface area contributed by atoms with Gasteiger partial charge in [-0.2, -0.15) is 0 Å². The fourth-order valence-corrected chi connectivity index (χ4v) is 6.43. The number of hydrogen-bond acceptors (Lipinski definition) is 8.